The van der Waals surface area contributed by atoms with Gasteiger partial charge in [0.05, 0.1) is 11.4 Å². The third-order valence-corrected chi connectivity index (χ3v) is 3.61. The van der Waals surface area contributed by atoms with E-state index in [0.717, 1.165) is 0 Å². The number of amides is 2. The van der Waals surface area contributed by atoms with Crippen molar-refractivity contribution in [2.45, 2.75) is 13.3 Å². The molecule has 128 valence electrons. The highest BCUT2D eigenvalue weighted by atomic mass is 35.5. The van der Waals surface area contributed by atoms with Crippen molar-refractivity contribution in [3.05, 3.63) is 50.7 Å². The van der Waals surface area contributed by atoms with Crippen LogP contribution in [0, 0.1) is 6.92 Å². The van der Waals surface area contributed by atoms with Gasteiger partial charge in [0, 0.05) is 32.0 Å². The van der Waals surface area contributed by atoms with E-state index < -0.39 is 11.5 Å². The first kappa shape index (κ1) is 17.7. The van der Waals surface area contributed by atoms with Gasteiger partial charge in [-0.1, -0.05) is 11.6 Å². The minimum Gasteiger partial charge on any atom is -0.383 e. The molecular weight excluding hydrogens is 336 g/mol. The van der Waals surface area contributed by atoms with Gasteiger partial charge in [-0.2, -0.15) is 5.16 Å². The first-order valence-corrected chi connectivity index (χ1v) is 7.57. The Morgan fingerprint density at radius 2 is 2.17 bits per heavy atom. The highest BCUT2D eigenvalue weighted by molar-refractivity contribution is 6.30. The maximum atomic E-state index is 12.1. The Morgan fingerprint density at radius 1 is 1.42 bits per heavy atom. The van der Waals surface area contributed by atoms with Crippen molar-refractivity contribution in [3.63, 3.8) is 0 Å². The molecular formula is C15H17ClN4O4. The molecule has 0 saturated carbocycles. The molecule has 0 saturated heterocycles. The van der Waals surface area contributed by atoms with Crippen LogP contribution in [0.2, 0.25) is 5.02 Å². The molecule has 0 bridgehead atoms. The van der Waals surface area contributed by atoms with Crippen molar-refractivity contribution in [3.8, 4) is 0 Å². The van der Waals surface area contributed by atoms with Crippen molar-refractivity contribution in [2.75, 3.05) is 20.1 Å². The molecule has 24 heavy (non-hydrogen) atoms. The summed E-state index contributed by atoms with van der Waals surface area (Å²) in [6.07, 6.45) is 1.62. The lowest BCUT2D eigenvalue weighted by Crippen LogP contribution is -2.38. The van der Waals surface area contributed by atoms with Crippen molar-refractivity contribution in [2.24, 2.45) is 0 Å². The van der Waals surface area contributed by atoms with E-state index in [1.165, 1.54) is 18.0 Å². The van der Waals surface area contributed by atoms with E-state index in [0.29, 0.717) is 17.3 Å². The lowest BCUT2D eigenvalue weighted by Gasteiger charge is -2.17. The largest absolute Gasteiger partial charge is 0.383 e. The molecule has 0 aliphatic heterocycles. The Balaban J connectivity index is 1.81. The molecule has 8 nitrogen and oxygen atoms in total. The molecule has 0 fully saturated rings. The van der Waals surface area contributed by atoms with E-state index in [9.17, 15) is 14.4 Å². The molecule has 2 aromatic rings. The van der Waals surface area contributed by atoms with Crippen molar-refractivity contribution in [1.82, 2.24) is 20.4 Å². The Kier molecular flexibility index (Phi) is 5.75. The first-order valence-electron chi connectivity index (χ1n) is 7.19. The number of hydrogen-bond donors (Lipinski definition) is 2. The summed E-state index contributed by atoms with van der Waals surface area (Å²) >= 11 is 5.74. The number of nitrogens with one attached hydrogen (secondary N) is 2. The van der Waals surface area contributed by atoms with Crippen LogP contribution >= 0.6 is 11.6 Å². The average Bonchev–Trinajstić information content (AvgIpc) is 2.88. The summed E-state index contributed by atoms with van der Waals surface area (Å²) in [5.74, 6) is -0.463. The van der Waals surface area contributed by atoms with E-state index in [1.54, 1.807) is 19.2 Å². The molecule has 2 N–H and O–H groups in total. The summed E-state index contributed by atoms with van der Waals surface area (Å²) in [7, 11) is 1.63. The Hall–Kier alpha value is -2.61. The predicted molar refractivity (Wildman–Crippen MR) is 87.0 cm³/mol. The standard InChI is InChI=1S/C15H17ClN4O4/c1-9-13(15(23)19-24-9)14(22)17-5-6-20(2)12(21)7-11-4-3-10(16)8-18-11/h3-4,8H,5-7H2,1-2H3,(H,17,22)(H,19,23). The summed E-state index contributed by atoms with van der Waals surface area (Å²) in [5.41, 5.74) is -0.0292. The highest BCUT2D eigenvalue weighted by Gasteiger charge is 2.17. The summed E-state index contributed by atoms with van der Waals surface area (Å²) < 4.78 is 4.78. The number of halogens is 1. The number of aromatic amines is 1. The SMILES string of the molecule is Cc1o[nH]c(=O)c1C(=O)NCCN(C)C(=O)Cc1ccc(Cl)cn1. The molecule has 2 rings (SSSR count). The zero-order chi connectivity index (χ0) is 17.7. The number of likely N-dealkylation sites (N-methyl/N-ethyl adjacent to an activating group) is 1. The molecule has 0 spiro atoms. The molecule has 0 aromatic carbocycles. The predicted octanol–water partition coefficient (Wildman–Crippen LogP) is 0.756. The van der Waals surface area contributed by atoms with Crippen LogP contribution in [0.5, 0.6) is 0 Å². The molecule has 0 radical (unpaired) electrons. The number of hydrogen-bond acceptors (Lipinski definition) is 5. The fraction of sp³-hybridized carbons (Fsp3) is 0.333. The second kappa shape index (κ2) is 7.78. The minimum atomic E-state index is -0.580. The number of rotatable bonds is 6. The van der Waals surface area contributed by atoms with Crippen LogP contribution < -0.4 is 10.9 Å². The zero-order valence-corrected chi connectivity index (χ0v) is 14.0. The maximum Gasteiger partial charge on any atom is 0.293 e. The summed E-state index contributed by atoms with van der Waals surface area (Å²) in [4.78, 5) is 40.9. The Bertz CT molecular complexity index is 782. The number of pyridine rings is 1. The third kappa shape index (κ3) is 4.45. The summed E-state index contributed by atoms with van der Waals surface area (Å²) in [6, 6.07) is 3.35. The van der Waals surface area contributed by atoms with Crippen LogP contribution in [0.25, 0.3) is 0 Å². The number of carbonyl (C=O) groups excluding carboxylic acids is 2. The maximum absolute atomic E-state index is 12.1. The third-order valence-electron chi connectivity index (χ3n) is 3.38. The van der Waals surface area contributed by atoms with Crippen LogP contribution in [0.3, 0.4) is 0 Å². The highest BCUT2D eigenvalue weighted by Crippen LogP contribution is 2.07. The van der Waals surface area contributed by atoms with Gasteiger partial charge in [-0.05, 0) is 19.1 Å². The van der Waals surface area contributed by atoms with Crippen LogP contribution in [0.1, 0.15) is 21.8 Å². The second-order valence-electron chi connectivity index (χ2n) is 5.18. The van der Waals surface area contributed by atoms with Gasteiger partial charge in [0.15, 0.2) is 0 Å². The molecule has 2 aromatic heterocycles. The van der Waals surface area contributed by atoms with Gasteiger partial charge in [-0.3, -0.25) is 19.4 Å². The smallest absolute Gasteiger partial charge is 0.293 e. The number of aryl methyl sites for hydroxylation is 1. The molecule has 0 aliphatic carbocycles. The van der Waals surface area contributed by atoms with E-state index >= 15 is 0 Å². The molecule has 2 amide bonds. The van der Waals surface area contributed by atoms with E-state index in [1.807, 2.05) is 0 Å². The van der Waals surface area contributed by atoms with Gasteiger partial charge < -0.3 is 14.7 Å². The average molecular weight is 353 g/mol. The monoisotopic (exact) mass is 352 g/mol. The van der Waals surface area contributed by atoms with Gasteiger partial charge in [0.25, 0.3) is 11.5 Å². The fourth-order valence-electron chi connectivity index (χ4n) is 2.00. The fourth-order valence-corrected chi connectivity index (χ4v) is 2.11. The minimum absolute atomic E-state index is 0.0608. The van der Waals surface area contributed by atoms with Gasteiger partial charge >= 0.3 is 0 Å². The topological polar surface area (TPSA) is 108 Å². The van der Waals surface area contributed by atoms with Crippen molar-refractivity contribution in [1.29, 1.82) is 0 Å². The van der Waals surface area contributed by atoms with E-state index in [2.05, 4.69) is 15.5 Å². The lowest BCUT2D eigenvalue weighted by atomic mass is 10.2. The van der Waals surface area contributed by atoms with Crippen LogP contribution in [-0.4, -0.2) is 47.0 Å². The molecule has 9 heteroatoms. The Labute approximate surface area is 142 Å². The number of aromatic nitrogens is 2. The second-order valence-corrected chi connectivity index (χ2v) is 5.62. The number of carbonyl (C=O) groups is 2. The van der Waals surface area contributed by atoms with E-state index in [-0.39, 0.29) is 30.2 Å². The summed E-state index contributed by atoms with van der Waals surface area (Å²) in [6.45, 7) is 2.02. The van der Waals surface area contributed by atoms with Crippen LogP contribution in [-0.2, 0) is 11.2 Å². The molecule has 2 heterocycles. The molecule has 0 aliphatic rings. The molecule has 0 atom stereocenters. The van der Waals surface area contributed by atoms with Gasteiger partial charge in [0.2, 0.25) is 5.91 Å². The number of nitrogens with zero attached hydrogens (tertiary/aromatic N) is 2. The Morgan fingerprint density at radius 3 is 2.75 bits per heavy atom. The quantitative estimate of drug-likeness (QED) is 0.797. The normalized spacial score (nSPS) is 10.5. The first-order chi connectivity index (χ1) is 11.4. The van der Waals surface area contributed by atoms with Crippen molar-refractivity contribution < 1.29 is 14.1 Å². The van der Waals surface area contributed by atoms with Crippen LogP contribution in [0.15, 0.2) is 27.6 Å². The van der Waals surface area contributed by atoms with Gasteiger partial charge in [-0.25, -0.2) is 0 Å². The lowest BCUT2D eigenvalue weighted by molar-refractivity contribution is -0.129. The van der Waals surface area contributed by atoms with Crippen molar-refractivity contribution >= 4 is 23.4 Å². The molecule has 0 unspecified atom stereocenters. The van der Waals surface area contributed by atoms with E-state index in [4.69, 9.17) is 16.1 Å². The van der Waals surface area contributed by atoms with Gasteiger partial charge in [0.1, 0.15) is 11.3 Å². The number of H-pyrrole nitrogens is 1. The summed E-state index contributed by atoms with van der Waals surface area (Å²) in [5, 5.41) is 5.18. The zero-order valence-electron chi connectivity index (χ0n) is 13.3. The van der Waals surface area contributed by atoms with Gasteiger partial charge in [-0.15, -0.1) is 0 Å². The van der Waals surface area contributed by atoms with Crippen LogP contribution in [0.4, 0.5) is 0 Å².